The van der Waals surface area contributed by atoms with E-state index in [-0.39, 0.29) is 6.61 Å². The van der Waals surface area contributed by atoms with Gasteiger partial charge in [0.2, 0.25) is 5.95 Å². The van der Waals surface area contributed by atoms with Crippen LogP contribution in [0.4, 0.5) is 5.95 Å². The standard InChI is InChI=1S/C26H23N5O3/c1-2-33-25(32)22-23(19-12-7-4-8-13-19)27-26-28-29-30-31(26)24(22)20-14-9-15-21(16-20)34-17-18-10-5-3-6-11-18/h3-16,24H,2,17H2,1H3,(H,27,28,30). The molecule has 2 heterocycles. The van der Waals surface area contributed by atoms with Crippen LogP contribution in [0.5, 0.6) is 5.75 Å². The number of carbonyl (C=O) groups excluding carboxylic acids is 1. The Bertz CT molecular complexity index is 1320. The number of benzene rings is 3. The Labute approximate surface area is 196 Å². The van der Waals surface area contributed by atoms with Crippen LogP contribution in [0.3, 0.4) is 0 Å². The van der Waals surface area contributed by atoms with Crippen LogP contribution in [0.2, 0.25) is 0 Å². The molecule has 1 atom stereocenters. The molecule has 0 spiro atoms. The lowest BCUT2D eigenvalue weighted by atomic mass is 9.93. The molecule has 8 nitrogen and oxygen atoms in total. The van der Waals surface area contributed by atoms with E-state index < -0.39 is 12.0 Å². The summed E-state index contributed by atoms with van der Waals surface area (Å²) >= 11 is 0. The highest BCUT2D eigenvalue weighted by molar-refractivity contribution is 6.02. The highest BCUT2D eigenvalue weighted by Gasteiger charge is 2.36. The number of nitrogens with zero attached hydrogens (tertiary/aromatic N) is 4. The van der Waals surface area contributed by atoms with Crippen molar-refractivity contribution in [1.29, 1.82) is 0 Å². The van der Waals surface area contributed by atoms with Gasteiger partial charge in [0.15, 0.2) is 0 Å². The van der Waals surface area contributed by atoms with Gasteiger partial charge in [0, 0.05) is 0 Å². The molecular weight excluding hydrogens is 430 g/mol. The fourth-order valence-corrected chi connectivity index (χ4v) is 3.97. The quantitative estimate of drug-likeness (QED) is 0.419. The molecule has 5 rings (SSSR count). The van der Waals surface area contributed by atoms with Crippen molar-refractivity contribution in [2.45, 2.75) is 19.6 Å². The van der Waals surface area contributed by atoms with Crippen molar-refractivity contribution in [3.05, 3.63) is 107 Å². The van der Waals surface area contributed by atoms with Crippen LogP contribution in [0.1, 0.15) is 29.7 Å². The van der Waals surface area contributed by atoms with Crippen molar-refractivity contribution in [2.75, 3.05) is 11.9 Å². The van der Waals surface area contributed by atoms with Crippen LogP contribution < -0.4 is 10.1 Å². The summed E-state index contributed by atoms with van der Waals surface area (Å²) in [5, 5.41) is 15.3. The van der Waals surface area contributed by atoms with Crippen LogP contribution >= 0.6 is 0 Å². The summed E-state index contributed by atoms with van der Waals surface area (Å²) in [6, 6.07) is 26.6. The van der Waals surface area contributed by atoms with Crippen molar-refractivity contribution < 1.29 is 14.3 Å². The van der Waals surface area contributed by atoms with E-state index in [1.54, 1.807) is 11.6 Å². The lowest BCUT2D eigenvalue weighted by Crippen LogP contribution is -2.30. The molecule has 0 saturated carbocycles. The molecule has 1 aliphatic heterocycles. The first-order chi connectivity index (χ1) is 16.7. The highest BCUT2D eigenvalue weighted by Crippen LogP contribution is 2.39. The maximum absolute atomic E-state index is 13.3. The normalized spacial score (nSPS) is 14.8. The fourth-order valence-electron chi connectivity index (χ4n) is 3.97. The van der Waals surface area contributed by atoms with Crippen LogP contribution in [-0.4, -0.2) is 32.8 Å². The van der Waals surface area contributed by atoms with Gasteiger partial charge in [-0.15, -0.1) is 0 Å². The SMILES string of the molecule is CCOC(=O)C1=C(c2ccccc2)Nc2nnnn2C1c1cccc(OCc2ccccc2)c1. The molecule has 8 heteroatoms. The minimum absolute atomic E-state index is 0.250. The van der Waals surface area contributed by atoms with Crippen LogP contribution in [0, 0.1) is 0 Å². The zero-order valence-electron chi connectivity index (χ0n) is 18.6. The minimum atomic E-state index is -0.596. The van der Waals surface area contributed by atoms with Crippen molar-refractivity contribution >= 4 is 17.6 Å². The first-order valence-corrected chi connectivity index (χ1v) is 11.0. The minimum Gasteiger partial charge on any atom is -0.489 e. The second kappa shape index (κ2) is 9.58. The van der Waals surface area contributed by atoms with E-state index in [0.29, 0.717) is 29.6 Å². The van der Waals surface area contributed by atoms with Crippen molar-refractivity contribution in [3.8, 4) is 5.75 Å². The summed E-state index contributed by atoms with van der Waals surface area (Å²) < 4.78 is 13.1. The molecule has 0 amide bonds. The number of ether oxygens (including phenoxy) is 2. The summed E-state index contributed by atoms with van der Waals surface area (Å²) in [5.74, 6) is 0.682. The number of aromatic nitrogens is 4. The molecule has 1 unspecified atom stereocenters. The number of anilines is 1. The van der Waals surface area contributed by atoms with Gasteiger partial charge in [-0.25, -0.2) is 4.79 Å². The van der Waals surface area contributed by atoms with Gasteiger partial charge in [-0.1, -0.05) is 77.9 Å². The largest absolute Gasteiger partial charge is 0.489 e. The second-order valence-electron chi connectivity index (χ2n) is 7.70. The molecule has 34 heavy (non-hydrogen) atoms. The Morgan fingerprint density at radius 3 is 2.53 bits per heavy atom. The number of fused-ring (bicyclic) bond motifs is 1. The number of hydrogen-bond donors (Lipinski definition) is 1. The third-order valence-electron chi connectivity index (χ3n) is 5.50. The Hall–Kier alpha value is -4.46. The molecule has 1 aliphatic rings. The van der Waals surface area contributed by atoms with Gasteiger partial charge < -0.3 is 14.8 Å². The molecule has 4 aromatic rings. The molecule has 3 aromatic carbocycles. The average Bonchev–Trinajstić information content (AvgIpc) is 3.36. The van der Waals surface area contributed by atoms with Gasteiger partial charge in [-0.3, -0.25) is 0 Å². The third kappa shape index (κ3) is 4.25. The number of tetrazole rings is 1. The molecule has 1 N–H and O–H groups in total. The summed E-state index contributed by atoms with van der Waals surface area (Å²) in [6.45, 7) is 2.47. The average molecular weight is 454 g/mol. The van der Waals surface area contributed by atoms with Crippen LogP contribution in [-0.2, 0) is 16.1 Å². The molecular formula is C26H23N5O3. The van der Waals surface area contributed by atoms with E-state index >= 15 is 0 Å². The lowest BCUT2D eigenvalue weighted by Gasteiger charge is -2.29. The Balaban J connectivity index is 1.58. The van der Waals surface area contributed by atoms with Crippen molar-refractivity contribution in [3.63, 3.8) is 0 Å². The molecule has 0 saturated heterocycles. The van der Waals surface area contributed by atoms with Crippen molar-refractivity contribution in [2.24, 2.45) is 0 Å². The third-order valence-corrected chi connectivity index (χ3v) is 5.50. The topological polar surface area (TPSA) is 91.2 Å². The van der Waals surface area contributed by atoms with E-state index in [0.717, 1.165) is 16.7 Å². The molecule has 170 valence electrons. The zero-order chi connectivity index (χ0) is 23.3. The van der Waals surface area contributed by atoms with E-state index in [1.807, 2.05) is 84.9 Å². The predicted octanol–water partition coefficient (Wildman–Crippen LogP) is 4.24. The molecule has 0 fully saturated rings. The Morgan fingerprint density at radius 2 is 1.76 bits per heavy atom. The van der Waals surface area contributed by atoms with Gasteiger partial charge in [0.1, 0.15) is 18.4 Å². The van der Waals surface area contributed by atoms with Crippen LogP contribution in [0.15, 0.2) is 90.5 Å². The number of nitrogens with one attached hydrogen (secondary N) is 1. The smallest absolute Gasteiger partial charge is 0.338 e. The summed E-state index contributed by atoms with van der Waals surface area (Å²) in [7, 11) is 0. The first-order valence-electron chi connectivity index (χ1n) is 11.0. The summed E-state index contributed by atoms with van der Waals surface area (Å²) in [5.41, 5.74) is 3.74. The predicted molar refractivity (Wildman–Crippen MR) is 127 cm³/mol. The van der Waals surface area contributed by atoms with Gasteiger partial charge >= 0.3 is 5.97 Å². The number of rotatable bonds is 7. The van der Waals surface area contributed by atoms with E-state index in [1.165, 1.54) is 0 Å². The molecule has 0 aliphatic carbocycles. The number of esters is 1. The van der Waals surface area contributed by atoms with E-state index in [2.05, 4.69) is 20.8 Å². The number of hydrogen-bond acceptors (Lipinski definition) is 7. The number of carbonyl (C=O) groups is 1. The van der Waals surface area contributed by atoms with Crippen LogP contribution in [0.25, 0.3) is 5.70 Å². The lowest BCUT2D eigenvalue weighted by molar-refractivity contribution is -0.138. The highest BCUT2D eigenvalue weighted by atomic mass is 16.5. The first kappa shape index (κ1) is 21.4. The summed E-state index contributed by atoms with van der Waals surface area (Å²) in [4.78, 5) is 13.3. The van der Waals surface area contributed by atoms with E-state index in [4.69, 9.17) is 9.47 Å². The van der Waals surface area contributed by atoms with Gasteiger partial charge in [0.05, 0.1) is 17.9 Å². The second-order valence-corrected chi connectivity index (χ2v) is 7.70. The molecule has 1 aromatic heterocycles. The maximum atomic E-state index is 13.3. The molecule has 0 radical (unpaired) electrons. The van der Waals surface area contributed by atoms with Gasteiger partial charge in [-0.2, -0.15) is 4.68 Å². The van der Waals surface area contributed by atoms with E-state index in [9.17, 15) is 4.79 Å². The summed E-state index contributed by atoms with van der Waals surface area (Å²) in [6.07, 6.45) is 0. The Morgan fingerprint density at radius 1 is 1.00 bits per heavy atom. The van der Waals surface area contributed by atoms with Crippen molar-refractivity contribution in [1.82, 2.24) is 20.2 Å². The van der Waals surface area contributed by atoms with Gasteiger partial charge in [0.25, 0.3) is 0 Å². The van der Waals surface area contributed by atoms with Gasteiger partial charge in [-0.05, 0) is 46.2 Å². The Kier molecular flexibility index (Phi) is 6.03. The molecule has 0 bridgehead atoms. The maximum Gasteiger partial charge on any atom is 0.338 e. The monoisotopic (exact) mass is 453 g/mol. The fraction of sp³-hybridized carbons (Fsp3) is 0.154. The zero-order valence-corrected chi connectivity index (χ0v) is 18.6.